The normalized spacial score (nSPS) is 13.6. The number of hydrogen-bond donors (Lipinski definition) is 0. The molecule has 0 aromatic rings. The van der Waals surface area contributed by atoms with Crippen molar-refractivity contribution >= 4 is 17.9 Å². The summed E-state index contributed by atoms with van der Waals surface area (Å²) in [7, 11) is 0. The average Bonchev–Trinajstić information content (AvgIpc) is 3.24. The molecule has 0 saturated carbocycles. The molecule has 0 aromatic carbocycles. The summed E-state index contributed by atoms with van der Waals surface area (Å²) >= 11 is 0. The lowest BCUT2D eigenvalue weighted by atomic mass is 10.1. The molecule has 1 unspecified atom stereocenters. The number of allylic oxidation sites excluding steroid dienone is 26. The first-order chi connectivity index (χ1) is 29.5. The minimum absolute atomic E-state index is 0.141. The minimum atomic E-state index is -0.843. The molecule has 0 aliphatic carbocycles. The Morgan fingerprint density at radius 2 is 0.700 bits per heavy atom. The van der Waals surface area contributed by atoms with Crippen LogP contribution in [0.1, 0.15) is 143 Å². The van der Waals surface area contributed by atoms with Crippen LogP contribution in [0.25, 0.3) is 0 Å². The summed E-state index contributed by atoms with van der Waals surface area (Å²) in [5.41, 5.74) is 0. The van der Waals surface area contributed by atoms with Gasteiger partial charge in [-0.2, -0.15) is 0 Å². The number of carbonyl (C=O) groups is 3. The molecule has 0 aliphatic rings. The van der Waals surface area contributed by atoms with E-state index in [0.29, 0.717) is 19.3 Å². The van der Waals surface area contributed by atoms with Crippen molar-refractivity contribution in [3.63, 3.8) is 0 Å². The average molecular weight is 823 g/mol. The molecule has 0 fully saturated rings. The maximum absolute atomic E-state index is 12.7. The van der Waals surface area contributed by atoms with E-state index < -0.39 is 6.10 Å². The van der Waals surface area contributed by atoms with Crippen LogP contribution in [0, 0.1) is 0 Å². The summed E-state index contributed by atoms with van der Waals surface area (Å²) in [6, 6.07) is 0. The highest BCUT2D eigenvalue weighted by Gasteiger charge is 2.19. The predicted molar refractivity (Wildman–Crippen MR) is 255 cm³/mol. The molecule has 1 atom stereocenters. The van der Waals surface area contributed by atoms with Gasteiger partial charge in [0.25, 0.3) is 0 Å². The van der Waals surface area contributed by atoms with Gasteiger partial charge in [-0.25, -0.2) is 0 Å². The zero-order chi connectivity index (χ0) is 43.7. The summed E-state index contributed by atoms with van der Waals surface area (Å²) in [4.78, 5) is 37.8. The van der Waals surface area contributed by atoms with Crippen molar-refractivity contribution < 1.29 is 28.6 Å². The maximum atomic E-state index is 12.7. The number of carbonyl (C=O) groups excluding carboxylic acids is 3. The molecule has 60 heavy (non-hydrogen) atoms. The van der Waals surface area contributed by atoms with Gasteiger partial charge in [0.15, 0.2) is 6.10 Å². The van der Waals surface area contributed by atoms with Gasteiger partial charge in [-0.15, -0.1) is 0 Å². The molecule has 0 saturated heterocycles. The van der Waals surface area contributed by atoms with Gasteiger partial charge in [-0.3, -0.25) is 14.4 Å². The second-order valence-electron chi connectivity index (χ2n) is 14.1. The Hall–Kier alpha value is -4.97. The SMILES string of the molecule is CC/C=C/C=C/C=C/C=C/C=C/CCCCCC(=O)OCC(COC(=O)CCC/C=C/C=C/C=C/C=C/C=C/CC)OC(=O)CCCCCC/C=C/C/C=C/C/C=C/CC. The van der Waals surface area contributed by atoms with E-state index in [1.54, 1.807) is 0 Å². The van der Waals surface area contributed by atoms with Crippen LogP contribution in [-0.4, -0.2) is 37.2 Å². The van der Waals surface area contributed by atoms with Gasteiger partial charge >= 0.3 is 17.9 Å². The molecule has 0 aromatic heterocycles. The number of esters is 3. The van der Waals surface area contributed by atoms with E-state index in [0.717, 1.165) is 83.5 Å². The maximum Gasteiger partial charge on any atom is 0.306 e. The monoisotopic (exact) mass is 823 g/mol. The van der Waals surface area contributed by atoms with E-state index in [9.17, 15) is 14.4 Å². The van der Waals surface area contributed by atoms with Crippen molar-refractivity contribution in [1.82, 2.24) is 0 Å². The quantitative estimate of drug-likeness (QED) is 0.0204. The Morgan fingerprint density at radius 3 is 1.20 bits per heavy atom. The van der Waals surface area contributed by atoms with Crippen LogP contribution in [0.2, 0.25) is 0 Å². The first-order valence-electron chi connectivity index (χ1n) is 22.6. The molecule has 0 radical (unpaired) electrons. The molecular weight excluding hydrogens is 745 g/mol. The van der Waals surface area contributed by atoms with Gasteiger partial charge in [0.1, 0.15) is 13.2 Å². The molecular formula is C54H78O6. The second kappa shape index (κ2) is 46.7. The van der Waals surface area contributed by atoms with Crippen LogP contribution in [0.15, 0.2) is 158 Å². The lowest BCUT2D eigenvalue weighted by molar-refractivity contribution is -0.167. The predicted octanol–water partition coefficient (Wildman–Crippen LogP) is 14.7. The summed E-state index contributed by atoms with van der Waals surface area (Å²) in [6.45, 7) is 6.06. The molecule has 0 heterocycles. The Balaban J connectivity index is 4.67. The number of rotatable bonds is 37. The Bertz CT molecular complexity index is 1460. The molecule has 0 spiro atoms. The smallest absolute Gasteiger partial charge is 0.306 e. The zero-order valence-electron chi connectivity index (χ0n) is 37.4. The molecule has 6 nitrogen and oxygen atoms in total. The van der Waals surface area contributed by atoms with Crippen LogP contribution in [0.3, 0.4) is 0 Å². The van der Waals surface area contributed by atoms with Crippen LogP contribution in [-0.2, 0) is 28.6 Å². The van der Waals surface area contributed by atoms with E-state index in [1.807, 2.05) is 103 Å². The molecule has 0 amide bonds. The fourth-order valence-electron chi connectivity index (χ4n) is 5.21. The number of ether oxygens (including phenoxy) is 3. The van der Waals surface area contributed by atoms with Crippen LogP contribution in [0.5, 0.6) is 0 Å². The number of hydrogen-bond acceptors (Lipinski definition) is 6. The van der Waals surface area contributed by atoms with Crippen molar-refractivity contribution in [1.29, 1.82) is 0 Å². The first kappa shape index (κ1) is 55.0. The summed E-state index contributed by atoms with van der Waals surface area (Å²) in [6.07, 6.45) is 68.0. The van der Waals surface area contributed by atoms with Gasteiger partial charge in [0, 0.05) is 19.3 Å². The van der Waals surface area contributed by atoms with E-state index in [-0.39, 0.29) is 50.4 Å². The molecule has 6 heteroatoms. The zero-order valence-corrected chi connectivity index (χ0v) is 37.4. The molecule has 0 aliphatic heterocycles. The van der Waals surface area contributed by atoms with E-state index in [4.69, 9.17) is 14.2 Å². The second-order valence-corrected chi connectivity index (χ2v) is 14.1. The third-order valence-corrected chi connectivity index (χ3v) is 8.51. The fourth-order valence-corrected chi connectivity index (χ4v) is 5.21. The van der Waals surface area contributed by atoms with Crippen molar-refractivity contribution in [2.24, 2.45) is 0 Å². The summed E-state index contributed by atoms with van der Waals surface area (Å²) in [5, 5.41) is 0. The van der Waals surface area contributed by atoms with Crippen LogP contribution < -0.4 is 0 Å². The molecule has 0 N–H and O–H groups in total. The van der Waals surface area contributed by atoms with Crippen LogP contribution in [0.4, 0.5) is 0 Å². The van der Waals surface area contributed by atoms with E-state index in [2.05, 4.69) is 75.5 Å². The van der Waals surface area contributed by atoms with Gasteiger partial charge in [-0.05, 0) is 83.5 Å². The Morgan fingerprint density at radius 1 is 0.350 bits per heavy atom. The van der Waals surface area contributed by atoms with E-state index >= 15 is 0 Å². The van der Waals surface area contributed by atoms with Crippen molar-refractivity contribution in [3.05, 3.63) is 158 Å². The van der Waals surface area contributed by atoms with Gasteiger partial charge in [0.2, 0.25) is 0 Å². The van der Waals surface area contributed by atoms with Crippen molar-refractivity contribution in [3.8, 4) is 0 Å². The van der Waals surface area contributed by atoms with Gasteiger partial charge in [-0.1, -0.05) is 198 Å². The fraction of sp³-hybridized carbons (Fsp3) is 0.463. The van der Waals surface area contributed by atoms with Crippen molar-refractivity contribution in [2.75, 3.05) is 13.2 Å². The van der Waals surface area contributed by atoms with Crippen molar-refractivity contribution in [2.45, 2.75) is 149 Å². The third-order valence-electron chi connectivity index (χ3n) is 8.51. The topological polar surface area (TPSA) is 78.9 Å². The molecule has 330 valence electrons. The third kappa shape index (κ3) is 44.1. The largest absolute Gasteiger partial charge is 0.462 e. The Labute approximate surface area is 365 Å². The van der Waals surface area contributed by atoms with Gasteiger partial charge < -0.3 is 14.2 Å². The highest BCUT2D eigenvalue weighted by Crippen LogP contribution is 2.11. The lowest BCUT2D eigenvalue weighted by Gasteiger charge is -2.18. The van der Waals surface area contributed by atoms with Gasteiger partial charge in [0.05, 0.1) is 0 Å². The van der Waals surface area contributed by atoms with Crippen LogP contribution >= 0.6 is 0 Å². The molecule has 0 rings (SSSR count). The number of unbranched alkanes of at least 4 members (excludes halogenated alkanes) is 8. The standard InChI is InChI=1S/C54H78O6/c1-4-7-10-13-16-19-22-25-27-30-32-35-38-41-44-47-53(56)59-50-51(49-58-52(55)46-43-40-37-34-31-28-24-21-18-15-12-9-6-3)60-54(57)48-45-42-39-36-33-29-26-23-20-17-14-11-8-5-2/h7-13,15-22,24-32,34,37,51H,4-6,14,23,33,35-36,38-50H2,1-3H3/b10-7+,11-8+,12-9+,16-13+,18-15+,20-17+,22-19+,24-21+,27-25+,29-26+,31-28+,32-30+,37-34+. The summed E-state index contributed by atoms with van der Waals surface area (Å²) in [5.74, 6) is -1.10. The highest BCUT2D eigenvalue weighted by molar-refractivity contribution is 5.71. The highest BCUT2D eigenvalue weighted by atomic mass is 16.6. The first-order valence-corrected chi connectivity index (χ1v) is 22.6. The lowest BCUT2D eigenvalue weighted by Crippen LogP contribution is -2.30. The molecule has 0 bridgehead atoms. The summed E-state index contributed by atoms with van der Waals surface area (Å²) < 4.78 is 16.6. The Kier molecular flexibility index (Phi) is 42.8. The minimum Gasteiger partial charge on any atom is -0.462 e. The van der Waals surface area contributed by atoms with E-state index in [1.165, 1.54) is 0 Å².